The predicted octanol–water partition coefficient (Wildman–Crippen LogP) is 2.92. The summed E-state index contributed by atoms with van der Waals surface area (Å²) in [5, 5.41) is 4.64. The van der Waals surface area contributed by atoms with Crippen molar-refractivity contribution in [3.63, 3.8) is 0 Å². The van der Waals surface area contributed by atoms with Gasteiger partial charge in [-0.15, -0.1) is 0 Å². The molecule has 0 aromatic rings. The van der Waals surface area contributed by atoms with Crippen LogP contribution in [0.25, 0.3) is 0 Å². The molecule has 0 spiro atoms. The van der Waals surface area contributed by atoms with Crippen molar-refractivity contribution in [2.45, 2.75) is 56.9 Å². The Hall–Kier alpha value is 0.270. The molecule has 3 heteroatoms. The third kappa shape index (κ3) is 4.64. The third-order valence-electron chi connectivity index (χ3n) is 3.56. The lowest BCUT2D eigenvalue weighted by Crippen LogP contribution is -2.46. The maximum absolute atomic E-state index is 5.29. The molecule has 3 unspecified atom stereocenters. The lowest BCUT2D eigenvalue weighted by Gasteiger charge is -2.33. The van der Waals surface area contributed by atoms with Crippen LogP contribution in [-0.2, 0) is 4.74 Å². The van der Waals surface area contributed by atoms with E-state index < -0.39 is 0 Å². The first-order chi connectivity index (χ1) is 7.67. The minimum absolute atomic E-state index is 0.510. The van der Waals surface area contributed by atoms with Gasteiger partial charge in [-0.1, -0.05) is 20.3 Å². The lowest BCUT2D eigenvalue weighted by molar-refractivity contribution is 0.135. The molecule has 16 heavy (non-hydrogen) atoms. The second-order valence-electron chi connectivity index (χ2n) is 5.19. The molecule has 3 atom stereocenters. The van der Waals surface area contributed by atoms with Crippen LogP contribution in [0.3, 0.4) is 0 Å². The highest BCUT2D eigenvalue weighted by molar-refractivity contribution is 7.99. The van der Waals surface area contributed by atoms with Crippen molar-refractivity contribution < 1.29 is 4.74 Å². The molecule has 0 amide bonds. The van der Waals surface area contributed by atoms with Crippen LogP contribution in [0.5, 0.6) is 0 Å². The molecule has 1 N–H and O–H groups in total. The van der Waals surface area contributed by atoms with Crippen molar-refractivity contribution in [1.29, 1.82) is 0 Å². The highest BCUT2D eigenvalue weighted by Crippen LogP contribution is 2.27. The quantitative estimate of drug-likeness (QED) is 0.777. The van der Waals surface area contributed by atoms with Gasteiger partial charge in [0.15, 0.2) is 0 Å². The van der Waals surface area contributed by atoms with E-state index in [1.807, 2.05) is 11.8 Å². The Balaban J connectivity index is 2.38. The normalized spacial score (nSPS) is 28.3. The van der Waals surface area contributed by atoms with Crippen molar-refractivity contribution in [1.82, 2.24) is 5.32 Å². The Morgan fingerprint density at radius 1 is 1.38 bits per heavy atom. The summed E-state index contributed by atoms with van der Waals surface area (Å²) < 4.78 is 5.29. The van der Waals surface area contributed by atoms with E-state index in [0.717, 1.165) is 11.9 Å². The van der Waals surface area contributed by atoms with E-state index in [4.69, 9.17) is 4.74 Å². The maximum atomic E-state index is 5.29. The number of thioether (sulfide) groups is 1. The van der Waals surface area contributed by atoms with E-state index in [0.29, 0.717) is 18.0 Å². The molecule has 96 valence electrons. The van der Waals surface area contributed by atoms with Gasteiger partial charge in [-0.2, -0.15) is 11.8 Å². The molecule has 0 aliphatic heterocycles. The molecule has 0 saturated heterocycles. The molecule has 1 aliphatic carbocycles. The van der Waals surface area contributed by atoms with Crippen molar-refractivity contribution in [3.05, 3.63) is 0 Å². The summed E-state index contributed by atoms with van der Waals surface area (Å²) in [5.41, 5.74) is 0. The van der Waals surface area contributed by atoms with Crippen LogP contribution in [0.2, 0.25) is 0 Å². The van der Waals surface area contributed by atoms with Gasteiger partial charge in [-0.3, -0.25) is 0 Å². The summed E-state index contributed by atoms with van der Waals surface area (Å²) in [6, 6.07) is 1.21. The molecule has 0 radical (unpaired) electrons. The number of ether oxygens (including phenoxy) is 1. The fourth-order valence-corrected chi connectivity index (χ4v) is 3.25. The largest absolute Gasteiger partial charge is 0.383 e. The van der Waals surface area contributed by atoms with E-state index in [1.54, 1.807) is 7.11 Å². The molecule has 1 fully saturated rings. The molecule has 0 heterocycles. The fraction of sp³-hybridized carbons (Fsp3) is 1.00. The van der Waals surface area contributed by atoms with Crippen LogP contribution in [-0.4, -0.2) is 37.3 Å². The Labute approximate surface area is 105 Å². The van der Waals surface area contributed by atoms with Gasteiger partial charge in [0, 0.05) is 24.4 Å². The maximum Gasteiger partial charge on any atom is 0.0618 e. The zero-order chi connectivity index (χ0) is 12.0. The molecule has 1 rings (SSSR count). The van der Waals surface area contributed by atoms with Gasteiger partial charge >= 0.3 is 0 Å². The van der Waals surface area contributed by atoms with Gasteiger partial charge in [0.1, 0.15) is 0 Å². The van der Waals surface area contributed by atoms with Crippen LogP contribution in [0.4, 0.5) is 0 Å². The first-order valence-corrected chi connectivity index (χ1v) is 7.74. The van der Waals surface area contributed by atoms with Gasteiger partial charge in [0.25, 0.3) is 0 Å². The van der Waals surface area contributed by atoms with E-state index in [-0.39, 0.29) is 0 Å². The smallest absolute Gasteiger partial charge is 0.0618 e. The molecular weight excluding hydrogens is 218 g/mol. The molecule has 0 bridgehead atoms. The average Bonchev–Trinajstić information content (AvgIpc) is 2.28. The first-order valence-electron chi connectivity index (χ1n) is 6.45. The minimum atomic E-state index is 0.510. The minimum Gasteiger partial charge on any atom is -0.383 e. The van der Waals surface area contributed by atoms with Crippen molar-refractivity contribution in [3.8, 4) is 0 Å². The zero-order valence-electron chi connectivity index (χ0n) is 11.2. The van der Waals surface area contributed by atoms with Crippen LogP contribution >= 0.6 is 11.8 Å². The standard InChI is InChI=1S/C13H27NOS/c1-10(2)13(9-15-3)14-11-6-5-7-12(8-11)16-4/h10-14H,5-9H2,1-4H3. The fourth-order valence-electron chi connectivity index (χ4n) is 2.43. The second kappa shape index (κ2) is 7.57. The number of hydrogen-bond acceptors (Lipinski definition) is 3. The van der Waals surface area contributed by atoms with Gasteiger partial charge in [-0.25, -0.2) is 0 Å². The van der Waals surface area contributed by atoms with Gasteiger partial charge < -0.3 is 10.1 Å². The van der Waals surface area contributed by atoms with Crippen LogP contribution in [0, 0.1) is 5.92 Å². The topological polar surface area (TPSA) is 21.3 Å². The van der Waals surface area contributed by atoms with Gasteiger partial charge in [-0.05, 0) is 31.4 Å². The first kappa shape index (κ1) is 14.3. The molecule has 2 nitrogen and oxygen atoms in total. The number of methoxy groups -OCH3 is 1. The Kier molecular flexibility index (Phi) is 6.78. The highest BCUT2D eigenvalue weighted by atomic mass is 32.2. The van der Waals surface area contributed by atoms with E-state index in [2.05, 4.69) is 25.4 Å². The summed E-state index contributed by atoms with van der Waals surface area (Å²) in [6.45, 7) is 5.37. The molecule has 1 saturated carbocycles. The van der Waals surface area contributed by atoms with Crippen LogP contribution in [0.1, 0.15) is 39.5 Å². The highest BCUT2D eigenvalue weighted by Gasteiger charge is 2.24. The lowest BCUT2D eigenvalue weighted by atomic mass is 9.93. The Morgan fingerprint density at radius 3 is 2.69 bits per heavy atom. The summed E-state index contributed by atoms with van der Waals surface area (Å²) in [7, 11) is 1.79. The SMILES string of the molecule is COCC(NC1CCCC(SC)C1)C(C)C. The summed E-state index contributed by atoms with van der Waals surface area (Å²) in [5.74, 6) is 0.648. The number of rotatable bonds is 6. The Morgan fingerprint density at radius 2 is 2.12 bits per heavy atom. The van der Waals surface area contributed by atoms with Crippen molar-refractivity contribution in [2.24, 2.45) is 5.92 Å². The molecule has 1 aliphatic rings. The van der Waals surface area contributed by atoms with Crippen molar-refractivity contribution >= 4 is 11.8 Å². The molecule has 0 aromatic carbocycles. The van der Waals surface area contributed by atoms with Crippen LogP contribution in [0.15, 0.2) is 0 Å². The Bertz CT molecular complexity index is 187. The monoisotopic (exact) mass is 245 g/mol. The zero-order valence-corrected chi connectivity index (χ0v) is 12.0. The van der Waals surface area contributed by atoms with E-state index >= 15 is 0 Å². The summed E-state index contributed by atoms with van der Waals surface area (Å²) in [4.78, 5) is 0. The predicted molar refractivity (Wildman–Crippen MR) is 73.2 cm³/mol. The second-order valence-corrected chi connectivity index (χ2v) is 6.33. The van der Waals surface area contributed by atoms with Crippen molar-refractivity contribution in [2.75, 3.05) is 20.0 Å². The van der Waals surface area contributed by atoms with E-state index in [9.17, 15) is 0 Å². The number of hydrogen-bond donors (Lipinski definition) is 1. The number of nitrogens with one attached hydrogen (secondary N) is 1. The van der Waals surface area contributed by atoms with Gasteiger partial charge in [0.05, 0.1) is 6.61 Å². The van der Waals surface area contributed by atoms with E-state index in [1.165, 1.54) is 25.7 Å². The van der Waals surface area contributed by atoms with Crippen LogP contribution < -0.4 is 5.32 Å². The summed E-state index contributed by atoms with van der Waals surface area (Å²) in [6.07, 6.45) is 7.68. The molecule has 0 aromatic heterocycles. The summed E-state index contributed by atoms with van der Waals surface area (Å²) >= 11 is 2.03. The van der Waals surface area contributed by atoms with Gasteiger partial charge in [0.2, 0.25) is 0 Å². The molecular formula is C13H27NOS. The average molecular weight is 245 g/mol. The third-order valence-corrected chi connectivity index (χ3v) is 4.65.